The summed E-state index contributed by atoms with van der Waals surface area (Å²) in [5.74, 6) is -0.567. The fourth-order valence-corrected chi connectivity index (χ4v) is 4.26. The topological polar surface area (TPSA) is 85.0 Å². The Kier molecular flexibility index (Phi) is 9.84. The van der Waals surface area contributed by atoms with Crippen molar-refractivity contribution in [3.63, 3.8) is 0 Å². The summed E-state index contributed by atoms with van der Waals surface area (Å²) in [7, 11) is 0. The lowest BCUT2D eigenvalue weighted by Crippen LogP contribution is -2.52. The Hall–Kier alpha value is -2.97. The summed E-state index contributed by atoms with van der Waals surface area (Å²) in [5.41, 5.74) is 1.86. The molecule has 1 heterocycles. The highest BCUT2D eigenvalue weighted by molar-refractivity contribution is 6.34. The maximum absolute atomic E-state index is 12.9. The van der Waals surface area contributed by atoms with Crippen molar-refractivity contribution < 1.29 is 14.4 Å². The van der Waals surface area contributed by atoms with Crippen molar-refractivity contribution in [3.05, 3.63) is 58.1 Å². The van der Waals surface area contributed by atoms with E-state index < -0.39 is 0 Å². The second kappa shape index (κ2) is 12.8. The molecule has 1 aliphatic heterocycles. The minimum Gasteiger partial charge on any atom is -0.368 e. The molecule has 0 bridgehead atoms. The monoisotopic (exact) mass is 533 g/mol. The van der Waals surface area contributed by atoms with Gasteiger partial charge in [0, 0.05) is 55.0 Å². The average molecular weight is 534 g/mol. The van der Waals surface area contributed by atoms with E-state index in [0.29, 0.717) is 60.4 Å². The number of rotatable bonds is 8. The molecule has 10 heteroatoms. The smallest absolute Gasteiger partial charge is 0.317 e. The van der Waals surface area contributed by atoms with Crippen LogP contribution in [0.4, 0.5) is 16.2 Å². The number of halogens is 2. The summed E-state index contributed by atoms with van der Waals surface area (Å²) in [5, 5.41) is 6.73. The van der Waals surface area contributed by atoms with Gasteiger partial charge in [0.05, 0.1) is 10.7 Å². The van der Waals surface area contributed by atoms with Gasteiger partial charge in [0.2, 0.25) is 5.91 Å². The molecule has 0 spiro atoms. The van der Waals surface area contributed by atoms with Crippen LogP contribution in [0.1, 0.15) is 37.6 Å². The summed E-state index contributed by atoms with van der Waals surface area (Å²) in [6.45, 7) is 8.70. The van der Waals surface area contributed by atoms with Gasteiger partial charge in [0.15, 0.2) is 0 Å². The van der Waals surface area contributed by atoms with Crippen LogP contribution in [0.25, 0.3) is 0 Å². The van der Waals surface area contributed by atoms with E-state index in [1.807, 2.05) is 32.9 Å². The number of carbonyl (C=O) groups is 3. The lowest BCUT2D eigenvalue weighted by molar-refractivity contribution is -0.116. The van der Waals surface area contributed by atoms with E-state index in [2.05, 4.69) is 15.5 Å². The van der Waals surface area contributed by atoms with Crippen LogP contribution in [-0.2, 0) is 4.79 Å². The molecular weight excluding hydrogens is 501 g/mol. The first kappa shape index (κ1) is 27.6. The van der Waals surface area contributed by atoms with Crippen molar-refractivity contribution in [3.8, 4) is 0 Å². The van der Waals surface area contributed by atoms with Crippen LogP contribution in [0.15, 0.2) is 42.5 Å². The largest absolute Gasteiger partial charge is 0.368 e. The molecule has 8 nitrogen and oxygen atoms in total. The van der Waals surface area contributed by atoms with Gasteiger partial charge < -0.3 is 25.3 Å². The maximum Gasteiger partial charge on any atom is 0.317 e. The summed E-state index contributed by atoms with van der Waals surface area (Å²) in [6.07, 6.45) is 0.712. The second-order valence-corrected chi connectivity index (χ2v) is 9.87. The number of amides is 4. The Bertz CT molecular complexity index is 1070. The highest BCUT2D eigenvalue weighted by atomic mass is 35.5. The van der Waals surface area contributed by atoms with Crippen molar-refractivity contribution in [2.24, 2.45) is 0 Å². The van der Waals surface area contributed by atoms with Gasteiger partial charge >= 0.3 is 6.03 Å². The molecule has 1 fully saturated rings. The van der Waals surface area contributed by atoms with Crippen LogP contribution in [-0.4, -0.2) is 73.0 Å². The van der Waals surface area contributed by atoms with Gasteiger partial charge in [0.1, 0.15) is 6.54 Å². The van der Waals surface area contributed by atoms with E-state index in [1.54, 1.807) is 35.2 Å². The molecule has 3 rings (SSSR count). The molecule has 4 amide bonds. The predicted octanol–water partition coefficient (Wildman–Crippen LogP) is 4.72. The minimum atomic E-state index is -0.333. The maximum atomic E-state index is 12.9. The molecule has 194 valence electrons. The van der Waals surface area contributed by atoms with Gasteiger partial charge in [-0.15, -0.1) is 0 Å². The number of anilines is 2. The van der Waals surface area contributed by atoms with Crippen LogP contribution in [0.3, 0.4) is 0 Å². The van der Waals surface area contributed by atoms with Crippen molar-refractivity contribution in [2.75, 3.05) is 49.5 Å². The fraction of sp³-hybridized carbons (Fsp3) is 0.423. The number of urea groups is 1. The normalized spacial score (nSPS) is 13.5. The summed E-state index contributed by atoms with van der Waals surface area (Å²) in [4.78, 5) is 43.5. The van der Waals surface area contributed by atoms with E-state index in [1.165, 1.54) is 4.90 Å². The number of carbonyl (C=O) groups excluding carboxylic acids is 3. The zero-order valence-electron chi connectivity index (χ0n) is 20.9. The van der Waals surface area contributed by atoms with E-state index in [-0.39, 0.29) is 30.4 Å². The molecule has 1 saturated heterocycles. The molecule has 2 N–H and O–H groups in total. The predicted molar refractivity (Wildman–Crippen MR) is 145 cm³/mol. The summed E-state index contributed by atoms with van der Waals surface area (Å²) < 4.78 is 0. The van der Waals surface area contributed by atoms with Crippen LogP contribution < -0.4 is 15.5 Å². The van der Waals surface area contributed by atoms with Crippen LogP contribution in [0, 0.1) is 0 Å². The van der Waals surface area contributed by atoms with Crippen molar-refractivity contribution in [1.82, 2.24) is 15.1 Å². The zero-order chi connectivity index (χ0) is 26.2. The SMILES string of the molecule is CCCN(CC(=O)Nc1cc(N2CCN(C(=O)NC(C)C)CC2)ccc1Cl)C(=O)c1ccc(Cl)cc1. The molecule has 0 aromatic heterocycles. The Morgan fingerprint density at radius 3 is 2.28 bits per heavy atom. The summed E-state index contributed by atoms with van der Waals surface area (Å²) >= 11 is 12.3. The van der Waals surface area contributed by atoms with Gasteiger partial charge in [-0.3, -0.25) is 9.59 Å². The number of nitrogens with one attached hydrogen (secondary N) is 2. The highest BCUT2D eigenvalue weighted by Crippen LogP contribution is 2.28. The first-order valence-electron chi connectivity index (χ1n) is 12.1. The third-order valence-electron chi connectivity index (χ3n) is 5.77. The lowest BCUT2D eigenvalue weighted by Gasteiger charge is -2.36. The number of piperazine rings is 1. The quantitative estimate of drug-likeness (QED) is 0.513. The molecule has 36 heavy (non-hydrogen) atoms. The van der Waals surface area contributed by atoms with Crippen molar-refractivity contribution in [2.45, 2.75) is 33.2 Å². The van der Waals surface area contributed by atoms with E-state index in [4.69, 9.17) is 23.2 Å². The number of hydrogen-bond acceptors (Lipinski definition) is 4. The second-order valence-electron chi connectivity index (χ2n) is 9.02. The molecule has 0 aliphatic carbocycles. The van der Waals surface area contributed by atoms with Crippen molar-refractivity contribution in [1.29, 1.82) is 0 Å². The number of nitrogens with zero attached hydrogens (tertiary/aromatic N) is 3. The number of hydrogen-bond donors (Lipinski definition) is 2. The lowest BCUT2D eigenvalue weighted by atomic mass is 10.2. The Balaban J connectivity index is 1.63. The Morgan fingerprint density at radius 1 is 1.00 bits per heavy atom. The average Bonchev–Trinajstić information content (AvgIpc) is 2.85. The number of benzene rings is 2. The molecule has 2 aromatic rings. The third-order valence-corrected chi connectivity index (χ3v) is 6.36. The first-order chi connectivity index (χ1) is 17.2. The van der Waals surface area contributed by atoms with Crippen molar-refractivity contribution >= 4 is 52.4 Å². The van der Waals surface area contributed by atoms with E-state index >= 15 is 0 Å². The molecule has 0 unspecified atom stereocenters. The summed E-state index contributed by atoms with van der Waals surface area (Å²) in [6, 6.07) is 12.1. The molecule has 0 saturated carbocycles. The molecule has 0 radical (unpaired) electrons. The minimum absolute atomic E-state index is 0.0570. The van der Waals surface area contributed by atoms with Gasteiger partial charge in [-0.05, 0) is 62.7 Å². The van der Waals surface area contributed by atoms with Gasteiger partial charge in [-0.1, -0.05) is 30.1 Å². The third kappa shape index (κ3) is 7.51. The fourth-order valence-electron chi connectivity index (χ4n) is 3.97. The van der Waals surface area contributed by atoms with E-state index in [9.17, 15) is 14.4 Å². The zero-order valence-corrected chi connectivity index (χ0v) is 22.4. The first-order valence-corrected chi connectivity index (χ1v) is 12.9. The van der Waals surface area contributed by atoms with Crippen LogP contribution in [0.5, 0.6) is 0 Å². The standard InChI is InChI=1S/C26H33Cl2N5O3/c1-4-11-33(25(35)19-5-7-20(27)8-6-19)17-24(34)30-23-16-21(9-10-22(23)28)31-12-14-32(15-13-31)26(36)29-18(2)3/h5-10,16,18H,4,11-15,17H2,1-3H3,(H,29,36)(H,30,34). The molecule has 0 atom stereocenters. The highest BCUT2D eigenvalue weighted by Gasteiger charge is 2.23. The molecule has 2 aromatic carbocycles. The van der Waals surface area contributed by atoms with Gasteiger partial charge in [-0.2, -0.15) is 0 Å². The van der Waals surface area contributed by atoms with E-state index in [0.717, 1.165) is 5.69 Å². The Morgan fingerprint density at radius 2 is 1.67 bits per heavy atom. The Labute approximate surface area is 222 Å². The van der Waals surface area contributed by atoms with Gasteiger partial charge in [0.25, 0.3) is 5.91 Å². The van der Waals surface area contributed by atoms with Crippen LogP contribution in [0.2, 0.25) is 10.0 Å². The molecular formula is C26H33Cl2N5O3. The van der Waals surface area contributed by atoms with Crippen LogP contribution >= 0.6 is 23.2 Å². The molecule has 1 aliphatic rings. The van der Waals surface area contributed by atoms with Gasteiger partial charge in [-0.25, -0.2) is 4.79 Å².